The maximum absolute atomic E-state index is 12.7. The lowest BCUT2D eigenvalue weighted by atomic mass is 9.96. The van der Waals surface area contributed by atoms with Gasteiger partial charge in [0, 0.05) is 37.3 Å². The second kappa shape index (κ2) is 6.55. The molecule has 2 aromatic heterocycles. The molecule has 0 atom stereocenters. The summed E-state index contributed by atoms with van der Waals surface area (Å²) in [4.78, 5) is 30.3. The fourth-order valence-corrected chi connectivity index (χ4v) is 3.36. The third kappa shape index (κ3) is 3.20. The Morgan fingerprint density at radius 1 is 1.20 bits per heavy atom. The molecular weight excluding hydrogens is 318 g/mol. The Morgan fingerprint density at radius 3 is 2.76 bits per heavy atom. The SMILES string of the molecule is O=C(c1cc2ccccc2o1)N1CCC(Cn2cnccc2=O)CC1. The minimum absolute atomic E-state index is 0.0317. The molecule has 0 bridgehead atoms. The summed E-state index contributed by atoms with van der Waals surface area (Å²) in [5.41, 5.74) is 0.701. The van der Waals surface area contributed by atoms with E-state index in [1.54, 1.807) is 17.0 Å². The number of carbonyl (C=O) groups excluding carboxylic acids is 1. The highest BCUT2D eigenvalue weighted by molar-refractivity contribution is 5.96. The van der Waals surface area contributed by atoms with Gasteiger partial charge >= 0.3 is 0 Å². The minimum atomic E-state index is -0.0619. The summed E-state index contributed by atoms with van der Waals surface area (Å²) >= 11 is 0. The van der Waals surface area contributed by atoms with Crippen molar-refractivity contribution in [3.63, 3.8) is 0 Å². The van der Waals surface area contributed by atoms with Gasteiger partial charge < -0.3 is 9.32 Å². The van der Waals surface area contributed by atoms with Crippen LogP contribution >= 0.6 is 0 Å². The van der Waals surface area contributed by atoms with Gasteiger partial charge in [-0.15, -0.1) is 0 Å². The Kier molecular flexibility index (Phi) is 4.09. The molecule has 1 aromatic carbocycles. The van der Waals surface area contributed by atoms with E-state index in [9.17, 15) is 9.59 Å². The molecule has 1 aliphatic heterocycles. The van der Waals surface area contributed by atoms with Crippen molar-refractivity contribution in [3.05, 3.63) is 65.0 Å². The third-order valence-electron chi connectivity index (χ3n) is 4.79. The van der Waals surface area contributed by atoms with Crippen molar-refractivity contribution in [1.82, 2.24) is 14.5 Å². The number of amides is 1. The lowest BCUT2D eigenvalue weighted by Gasteiger charge is -2.31. The van der Waals surface area contributed by atoms with Crippen molar-refractivity contribution in [2.75, 3.05) is 13.1 Å². The summed E-state index contributed by atoms with van der Waals surface area (Å²) in [6, 6.07) is 10.9. The van der Waals surface area contributed by atoms with E-state index < -0.39 is 0 Å². The number of hydrogen-bond donors (Lipinski definition) is 0. The van der Waals surface area contributed by atoms with Crippen LogP contribution in [0.3, 0.4) is 0 Å². The second-order valence-corrected chi connectivity index (χ2v) is 6.45. The van der Waals surface area contributed by atoms with Gasteiger partial charge in [-0.05, 0) is 30.9 Å². The standard InChI is InChI=1S/C19H19N3O3/c23-18-5-8-20-13-22(18)12-14-6-9-21(10-7-14)19(24)17-11-15-3-1-2-4-16(15)25-17/h1-5,8,11,13-14H,6-7,9-10,12H2. The average Bonchev–Trinajstić information content (AvgIpc) is 3.08. The van der Waals surface area contributed by atoms with Crippen LogP contribution in [-0.4, -0.2) is 33.4 Å². The summed E-state index contributed by atoms with van der Waals surface area (Å²) in [6.07, 6.45) is 4.82. The van der Waals surface area contributed by atoms with E-state index in [1.165, 1.54) is 12.3 Å². The van der Waals surface area contributed by atoms with Crippen molar-refractivity contribution in [3.8, 4) is 0 Å². The maximum Gasteiger partial charge on any atom is 0.289 e. The van der Waals surface area contributed by atoms with Gasteiger partial charge in [0.2, 0.25) is 0 Å². The van der Waals surface area contributed by atoms with E-state index >= 15 is 0 Å². The van der Waals surface area contributed by atoms with Crippen LogP contribution in [0.5, 0.6) is 0 Å². The molecule has 1 saturated heterocycles. The molecule has 6 nitrogen and oxygen atoms in total. The Bertz CT molecular complexity index is 918. The highest BCUT2D eigenvalue weighted by Crippen LogP contribution is 2.23. The van der Waals surface area contributed by atoms with E-state index in [4.69, 9.17) is 4.42 Å². The number of rotatable bonds is 3. The minimum Gasteiger partial charge on any atom is -0.451 e. The molecular formula is C19H19N3O3. The molecule has 25 heavy (non-hydrogen) atoms. The fourth-order valence-electron chi connectivity index (χ4n) is 3.36. The summed E-state index contributed by atoms with van der Waals surface area (Å²) in [6.45, 7) is 2.00. The molecule has 0 N–H and O–H groups in total. The zero-order chi connectivity index (χ0) is 17.2. The van der Waals surface area contributed by atoms with Crippen LogP contribution in [-0.2, 0) is 6.54 Å². The van der Waals surface area contributed by atoms with E-state index in [2.05, 4.69) is 4.98 Å². The molecule has 0 radical (unpaired) electrons. The first-order valence-corrected chi connectivity index (χ1v) is 8.49. The number of fused-ring (bicyclic) bond motifs is 1. The van der Waals surface area contributed by atoms with Crippen molar-refractivity contribution >= 4 is 16.9 Å². The third-order valence-corrected chi connectivity index (χ3v) is 4.79. The predicted molar refractivity (Wildman–Crippen MR) is 93.3 cm³/mol. The number of likely N-dealkylation sites (tertiary alicyclic amines) is 1. The highest BCUT2D eigenvalue weighted by atomic mass is 16.3. The Hall–Kier alpha value is -2.89. The van der Waals surface area contributed by atoms with Crippen LogP contribution in [0.2, 0.25) is 0 Å². The number of carbonyl (C=O) groups is 1. The van der Waals surface area contributed by atoms with Crippen LogP contribution in [0.4, 0.5) is 0 Å². The molecule has 0 saturated carbocycles. The Labute approximate surface area is 144 Å². The molecule has 1 amide bonds. The number of aromatic nitrogens is 2. The summed E-state index contributed by atoms with van der Waals surface area (Å²) in [7, 11) is 0. The van der Waals surface area contributed by atoms with Gasteiger partial charge in [0.25, 0.3) is 11.5 Å². The smallest absolute Gasteiger partial charge is 0.289 e. The lowest BCUT2D eigenvalue weighted by Crippen LogP contribution is -2.39. The highest BCUT2D eigenvalue weighted by Gasteiger charge is 2.26. The van der Waals surface area contributed by atoms with Crippen molar-refractivity contribution in [1.29, 1.82) is 0 Å². The van der Waals surface area contributed by atoms with Crippen LogP contribution in [0.1, 0.15) is 23.4 Å². The first kappa shape index (κ1) is 15.6. The van der Waals surface area contributed by atoms with E-state index in [0.29, 0.717) is 31.3 Å². The molecule has 1 fully saturated rings. The lowest BCUT2D eigenvalue weighted by molar-refractivity contribution is 0.0652. The van der Waals surface area contributed by atoms with E-state index in [-0.39, 0.29) is 11.5 Å². The first-order chi connectivity index (χ1) is 12.2. The van der Waals surface area contributed by atoms with Gasteiger partial charge in [-0.2, -0.15) is 0 Å². The van der Waals surface area contributed by atoms with Gasteiger partial charge in [-0.25, -0.2) is 4.98 Å². The molecule has 6 heteroatoms. The van der Waals surface area contributed by atoms with Crippen LogP contribution in [0.15, 0.2) is 58.1 Å². The second-order valence-electron chi connectivity index (χ2n) is 6.45. The Morgan fingerprint density at radius 2 is 2.00 bits per heavy atom. The molecule has 4 rings (SSSR count). The largest absolute Gasteiger partial charge is 0.451 e. The molecule has 128 valence electrons. The number of piperidine rings is 1. The number of benzene rings is 1. The molecule has 1 aliphatic rings. The molecule has 0 unspecified atom stereocenters. The summed E-state index contributed by atoms with van der Waals surface area (Å²) in [5, 5.41) is 0.941. The Balaban J connectivity index is 1.40. The number of furan rings is 1. The van der Waals surface area contributed by atoms with Crippen molar-refractivity contribution in [2.24, 2.45) is 5.92 Å². The number of nitrogens with zero attached hydrogens (tertiary/aromatic N) is 3. The number of para-hydroxylation sites is 1. The van der Waals surface area contributed by atoms with Crippen molar-refractivity contribution in [2.45, 2.75) is 19.4 Å². The molecule has 3 aromatic rings. The van der Waals surface area contributed by atoms with Gasteiger partial charge in [0.15, 0.2) is 5.76 Å². The quantitative estimate of drug-likeness (QED) is 0.736. The average molecular weight is 337 g/mol. The normalized spacial score (nSPS) is 15.6. The van der Waals surface area contributed by atoms with E-state index in [0.717, 1.165) is 23.8 Å². The molecule has 3 heterocycles. The van der Waals surface area contributed by atoms with Crippen LogP contribution in [0.25, 0.3) is 11.0 Å². The zero-order valence-corrected chi connectivity index (χ0v) is 13.8. The molecule has 0 spiro atoms. The number of hydrogen-bond acceptors (Lipinski definition) is 4. The van der Waals surface area contributed by atoms with Gasteiger partial charge in [0.1, 0.15) is 5.58 Å². The van der Waals surface area contributed by atoms with Crippen LogP contribution in [0, 0.1) is 5.92 Å². The topological polar surface area (TPSA) is 68.3 Å². The fraction of sp³-hybridized carbons (Fsp3) is 0.316. The van der Waals surface area contributed by atoms with Crippen molar-refractivity contribution < 1.29 is 9.21 Å². The zero-order valence-electron chi connectivity index (χ0n) is 13.8. The first-order valence-electron chi connectivity index (χ1n) is 8.49. The van der Waals surface area contributed by atoms with Gasteiger partial charge in [-0.1, -0.05) is 18.2 Å². The van der Waals surface area contributed by atoms with Gasteiger partial charge in [-0.3, -0.25) is 14.2 Å². The summed E-state index contributed by atoms with van der Waals surface area (Å²) in [5.74, 6) is 0.706. The summed E-state index contributed by atoms with van der Waals surface area (Å²) < 4.78 is 7.32. The van der Waals surface area contributed by atoms with E-state index in [1.807, 2.05) is 29.2 Å². The van der Waals surface area contributed by atoms with Crippen LogP contribution < -0.4 is 5.56 Å². The molecule has 0 aliphatic carbocycles. The monoisotopic (exact) mass is 337 g/mol. The van der Waals surface area contributed by atoms with Gasteiger partial charge in [0.05, 0.1) is 6.33 Å². The predicted octanol–water partition coefficient (Wildman–Crippen LogP) is 2.54. The maximum atomic E-state index is 12.7.